The molecule has 0 fully saturated rings. The second-order valence-electron chi connectivity index (χ2n) is 5.29. The molecule has 0 unspecified atom stereocenters. The molecule has 1 nitrogen and oxygen atoms in total. The SMILES string of the molecule is C=Cc1ccc(OCCC[Si](C)(C)C)cc1. The summed E-state index contributed by atoms with van der Waals surface area (Å²) in [6, 6.07) is 9.40. The van der Waals surface area contributed by atoms with E-state index in [9.17, 15) is 0 Å². The Morgan fingerprint density at radius 2 is 1.81 bits per heavy atom. The molecule has 0 amide bonds. The molecule has 0 spiro atoms. The van der Waals surface area contributed by atoms with Gasteiger partial charge < -0.3 is 4.74 Å². The van der Waals surface area contributed by atoms with Crippen LogP contribution in [0.25, 0.3) is 6.08 Å². The van der Waals surface area contributed by atoms with Gasteiger partial charge in [-0.05, 0) is 24.1 Å². The van der Waals surface area contributed by atoms with E-state index in [1.165, 1.54) is 12.5 Å². The van der Waals surface area contributed by atoms with Crippen LogP contribution in [0, 0.1) is 0 Å². The van der Waals surface area contributed by atoms with Crippen LogP contribution < -0.4 is 4.74 Å². The van der Waals surface area contributed by atoms with E-state index in [1.54, 1.807) is 0 Å². The van der Waals surface area contributed by atoms with Gasteiger partial charge in [0.2, 0.25) is 0 Å². The summed E-state index contributed by atoms with van der Waals surface area (Å²) in [5.41, 5.74) is 1.13. The monoisotopic (exact) mass is 234 g/mol. The molecule has 0 aromatic heterocycles. The first kappa shape index (κ1) is 13.0. The zero-order valence-corrected chi connectivity index (χ0v) is 11.6. The molecule has 2 heteroatoms. The predicted octanol–water partition coefficient (Wildman–Crippen LogP) is 4.44. The van der Waals surface area contributed by atoms with E-state index in [1.807, 2.05) is 30.3 Å². The molecule has 0 atom stereocenters. The van der Waals surface area contributed by atoms with Crippen molar-refractivity contribution in [1.82, 2.24) is 0 Å². The molecule has 0 radical (unpaired) electrons. The van der Waals surface area contributed by atoms with Gasteiger partial charge in [-0.15, -0.1) is 0 Å². The van der Waals surface area contributed by atoms with E-state index >= 15 is 0 Å². The summed E-state index contributed by atoms with van der Waals surface area (Å²) >= 11 is 0. The van der Waals surface area contributed by atoms with Gasteiger partial charge in [0.1, 0.15) is 5.75 Å². The largest absolute Gasteiger partial charge is 0.494 e. The Morgan fingerprint density at radius 3 is 2.31 bits per heavy atom. The number of ether oxygens (including phenoxy) is 1. The average molecular weight is 234 g/mol. The Hall–Kier alpha value is -1.02. The van der Waals surface area contributed by atoms with Crippen LogP contribution in [0.5, 0.6) is 5.75 Å². The predicted molar refractivity (Wildman–Crippen MR) is 74.8 cm³/mol. The molecule has 0 saturated heterocycles. The van der Waals surface area contributed by atoms with E-state index in [-0.39, 0.29) is 0 Å². The lowest BCUT2D eigenvalue weighted by Gasteiger charge is -2.15. The van der Waals surface area contributed by atoms with Crippen molar-refractivity contribution in [2.24, 2.45) is 0 Å². The summed E-state index contributed by atoms with van der Waals surface area (Å²) in [5, 5.41) is 0. The molecule has 88 valence electrons. The first-order chi connectivity index (χ1) is 7.51. The van der Waals surface area contributed by atoms with Crippen LogP contribution in [0.1, 0.15) is 12.0 Å². The Labute approximate surface area is 100 Å². The molecule has 0 aliphatic carbocycles. The van der Waals surface area contributed by atoms with Gasteiger partial charge in [-0.3, -0.25) is 0 Å². The number of hydrogen-bond acceptors (Lipinski definition) is 1. The average Bonchev–Trinajstić information content (AvgIpc) is 2.24. The third-order valence-corrected chi connectivity index (χ3v) is 4.31. The second-order valence-corrected chi connectivity index (χ2v) is 10.9. The van der Waals surface area contributed by atoms with Crippen LogP contribution in [0.2, 0.25) is 25.7 Å². The van der Waals surface area contributed by atoms with Gasteiger partial charge in [-0.2, -0.15) is 0 Å². The van der Waals surface area contributed by atoms with E-state index in [2.05, 4.69) is 26.2 Å². The fourth-order valence-electron chi connectivity index (χ4n) is 1.49. The Bertz CT molecular complexity index is 322. The molecule has 16 heavy (non-hydrogen) atoms. The summed E-state index contributed by atoms with van der Waals surface area (Å²) in [5.74, 6) is 0.959. The van der Waals surface area contributed by atoms with Gasteiger partial charge in [-0.1, -0.05) is 50.5 Å². The maximum atomic E-state index is 5.69. The van der Waals surface area contributed by atoms with E-state index < -0.39 is 8.07 Å². The third kappa shape index (κ3) is 5.17. The molecule has 0 bridgehead atoms. The van der Waals surface area contributed by atoms with Gasteiger partial charge >= 0.3 is 0 Å². The fraction of sp³-hybridized carbons (Fsp3) is 0.429. The summed E-state index contributed by atoms with van der Waals surface area (Å²) in [4.78, 5) is 0. The highest BCUT2D eigenvalue weighted by Gasteiger charge is 2.11. The molecule has 1 aromatic rings. The number of rotatable bonds is 6. The van der Waals surface area contributed by atoms with Crippen LogP contribution in [0.15, 0.2) is 30.8 Å². The van der Waals surface area contributed by atoms with Crippen molar-refractivity contribution < 1.29 is 4.74 Å². The molecule has 1 rings (SSSR count). The minimum absolute atomic E-state index is 0.831. The molecule has 0 heterocycles. The topological polar surface area (TPSA) is 9.23 Å². The van der Waals surface area contributed by atoms with Crippen molar-refractivity contribution in [2.45, 2.75) is 32.1 Å². The molecule has 1 aromatic carbocycles. The van der Waals surface area contributed by atoms with E-state index in [0.717, 1.165) is 17.9 Å². The normalized spacial score (nSPS) is 11.2. The first-order valence-corrected chi connectivity index (χ1v) is 9.57. The highest BCUT2D eigenvalue weighted by Crippen LogP contribution is 2.15. The Kier molecular flexibility index (Phi) is 4.81. The smallest absolute Gasteiger partial charge is 0.119 e. The van der Waals surface area contributed by atoms with Gasteiger partial charge in [-0.25, -0.2) is 0 Å². The summed E-state index contributed by atoms with van der Waals surface area (Å²) in [6.45, 7) is 11.7. The van der Waals surface area contributed by atoms with E-state index in [4.69, 9.17) is 4.74 Å². The third-order valence-electron chi connectivity index (χ3n) is 2.46. The van der Waals surface area contributed by atoms with Crippen LogP contribution in [0.4, 0.5) is 0 Å². The maximum Gasteiger partial charge on any atom is 0.119 e. The molecule has 0 N–H and O–H groups in total. The fourth-order valence-corrected chi connectivity index (χ4v) is 2.70. The van der Waals surface area contributed by atoms with Crippen LogP contribution >= 0.6 is 0 Å². The highest BCUT2D eigenvalue weighted by atomic mass is 28.3. The van der Waals surface area contributed by atoms with Crippen molar-refractivity contribution in [2.75, 3.05) is 6.61 Å². The second kappa shape index (κ2) is 5.90. The highest BCUT2D eigenvalue weighted by molar-refractivity contribution is 6.76. The molecule has 0 aliphatic heterocycles. The molecular weight excluding hydrogens is 212 g/mol. The van der Waals surface area contributed by atoms with Crippen molar-refractivity contribution in [1.29, 1.82) is 0 Å². The summed E-state index contributed by atoms with van der Waals surface area (Å²) in [7, 11) is -0.903. The van der Waals surface area contributed by atoms with E-state index in [0.29, 0.717) is 0 Å². The summed E-state index contributed by atoms with van der Waals surface area (Å²) < 4.78 is 5.69. The minimum Gasteiger partial charge on any atom is -0.494 e. The summed E-state index contributed by atoms with van der Waals surface area (Å²) in [6.07, 6.45) is 3.01. The van der Waals surface area contributed by atoms with Gasteiger partial charge in [0.25, 0.3) is 0 Å². The van der Waals surface area contributed by atoms with Crippen molar-refractivity contribution in [3.8, 4) is 5.75 Å². The van der Waals surface area contributed by atoms with Gasteiger partial charge in [0.15, 0.2) is 0 Å². The molecule has 0 saturated carbocycles. The maximum absolute atomic E-state index is 5.69. The van der Waals surface area contributed by atoms with Gasteiger partial charge in [0.05, 0.1) is 6.61 Å². The number of benzene rings is 1. The van der Waals surface area contributed by atoms with Crippen LogP contribution in [0.3, 0.4) is 0 Å². The zero-order chi connectivity index (χ0) is 12.0. The lowest BCUT2D eigenvalue weighted by molar-refractivity contribution is 0.317. The zero-order valence-electron chi connectivity index (χ0n) is 10.6. The van der Waals surface area contributed by atoms with Crippen LogP contribution in [-0.2, 0) is 0 Å². The first-order valence-electron chi connectivity index (χ1n) is 5.86. The van der Waals surface area contributed by atoms with Crippen LogP contribution in [-0.4, -0.2) is 14.7 Å². The Morgan fingerprint density at radius 1 is 1.19 bits per heavy atom. The lowest BCUT2D eigenvalue weighted by atomic mass is 10.2. The molecule has 0 aliphatic rings. The Balaban J connectivity index is 2.29. The molecular formula is C14H22OSi. The number of hydrogen-bond donors (Lipinski definition) is 0. The standard InChI is InChI=1S/C14H22OSi/c1-5-13-7-9-14(10-8-13)15-11-6-12-16(2,3)4/h5,7-10H,1,6,11-12H2,2-4H3. The van der Waals surface area contributed by atoms with Gasteiger partial charge in [0, 0.05) is 8.07 Å². The van der Waals surface area contributed by atoms with Crippen molar-refractivity contribution >= 4 is 14.1 Å². The quantitative estimate of drug-likeness (QED) is 0.522. The minimum atomic E-state index is -0.903. The lowest BCUT2D eigenvalue weighted by Crippen LogP contribution is -2.19. The van der Waals surface area contributed by atoms with Crippen molar-refractivity contribution in [3.63, 3.8) is 0 Å². The van der Waals surface area contributed by atoms with Crippen molar-refractivity contribution in [3.05, 3.63) is 36.4 Å².